The lowest BCUT2D eigenvalue weighted by atomic mass is 10.6. The van der Waals surface area contributed by atoms with Gasteiger partial charge in [-0.15, -0.1) is 0 Å². The summed E-state index contributed by atoms with van der Waals surface area (Å²) in [5.41, 5.74) is 9.65. The standard InChI is InChI=1S/2C4H5N3O/c2*5-3(8)4-6-1-2-7-4/h2*1-2H,(H2,5,8)(H,6,7). The van der Waals surface area contributed by atoms with E-state index in [9.17, 15) is 9.59 Å². The fourth-order valence-corrected chi connectivity index (χ4v) is 0.800. The van der Waals surface area contributed by atoms with Gasteiger partial charge in [0.05, 0.1) is 0 Å². The van der Waals surface area contributed by atoms with Gasteiger partial charge in [-0.05, 0) is 0 Å². The smallest absolute Gasteiger partial charge is 0.284 e. The summed E-state index contributed by atoms with van der Waals surface area (Å²) >= 11 is 0. The number of hydrogen-bond acceptors (Lipinski definition) is 4. The molecule has 0 bridgehead atoms. The predicted molar refractivity (Wildman–Crippen MR) is 54.2 cm³/mol. The van der Waals surface area contributed by atoms with E-state index < -0.39 is 11.8 Å². The summed E-state index contributed by atoms with van der Waals surface area (Å²) in [6, 6.07) is 0. The van der Waals surface area contributed by atoms with Crippen LogP contribution in [0.4, 0.5) is 0 Å². The molecular weight excluding hydrogens is 212 g/mol. The normalized spacial score (nSPS) is 9.00. The molecule has 0 spiro atoms. The SMILES string of the molecule is NC(=O)c1ncc[nH]1.NC(=O)c1ncc[nH]1. The molecule has 0 saturated carbocycles. The summed E-state index contributed by atoms with van der Waals surface area (Å²) in [6.07, 6.45) is 6.03. The van der Waals surface area contributed by atoms with Crippen LogP contribution in [-0.2, 0) is 0 Å². The molecule has 2 aromatic rings. The molecule has 6 N–H and O–H groups in total. The molecule has 0 unspecified atom stereocenters. The number of imidazole rings is 2. The van der Waals surface area contributed by atoms with Crippen molar-refractivity contribution < 1.29 is 9.59 Å². The third kappa shape index (κ3) is 3.25. The van der Waals surface area contributed by atoms with Gasteiger partial charge in [-0.1, -0.05) is 0 Å². The van der Waals surface area contributed by atoms with Crippen LogP contribution in [0.25, 0.3) is 0 Å². The first-order chi connectivity index (χ1) is 7.61. The van der Waals surface area contributed by atoms with Crippen LogP contribution in [0.1, 0.15) is 21.2 Å². The van der Waals surface area contributed by atoms with Gasteiger partial charge >= 0.3 is 0 Å². The van der Waals surface area contributed by atoms with Crippen molar-refractivity contribution in [2.75, 3.05) is 0 Å². The van der Waals surface area contributed by atoms with Gasteiger partial charge in [0.1, 0.15) is 0 Å². The molecule has 0 radical (unpaired) electrons. The van der Waals surface area contributed by atoms with Gasteiger partial charge in [-0.2, -0.15) is 0 Å². The summed E-state index contributed by atoms with van der Waals surface area (Å²) in [5, 5.41) is 0. The van der Waals surface area contributed by atoms with Crippen LogP contribution in [0.3, 0.4) is 0 Å². The highest BCUT2D eigenvalue weighted by atomic mass is 16.1. The van der Waals surface area contributed by atoms with Crippen molar-refractivity contribution >= 4 is 11.8 Å². The van der Waals surface area contributed by atoms with E-state index in [0.29, 0.717) is 0 Å². The van der Waals surface area contributed by atoms with E-state index in [0.717, 1.165) is 0 Å². The third-order valence-electron chi connectivity index (χ3n) is 1.46. The molecule has 2 aromatic heterocycles. The van der Waals surface area contributed by atoms with E-state index in [1.807, 2.05) is 0 Å². The maximum absolute atomic E-state index is 10.2. The minimum atomic E-state index is -0.532. The molecule has 0 fully saturated rings. The summed E-state index contributed by atoms with van der Waals surface area (Å²) in [6.45, 7) is 0. The molecule has 2 heterocycles. The average molecular weight is 222 g/mol. The first-order valence-corrected chi connectivity index (χ1v) is 4.19. The van der Waals surface area contributed by atoms with Crippen LogP contribution in [0.15, 0.2) is 24.8 Å². The lowest BCUT2D eigenvalue weighted by Gasteiger charge is -1.80. The number of nitrogens with one attached hydrogen (secondary N) is 2. The maximum Gasteiger partial charge on any atom is 0.284 e. The second-order valence-electron chi connectivity index (χ2n) is 2.60. The molecule has 0 aliphatic carbocycles. The zero-order chi connectivity index (χ0) is 12.0. The molecule has 0 atom stereocenters. The number of carbonyl (C=O) groups excluding carboxylic acids is 2. The molecule has 8 nitrogen and oxygen atoms in total. The van der Waals surface area contributed by atoms with E-state index in [2.05, 4.69) is 19.9 Å². The largest absolute Gasteiger partial charge is 0.363 e. The maximum atomic E-state index is 10.2. The molecule has 2 rings (SSSR count). The Morgan fingerprint density at radius 2 is 1.31 bits per heavy atom. The number of H-pyrrole nitrogens is 2. The Morgan fingerprint density at radius 1 is 0.938 bits per heavy atom. The Hall–Kier alpha value is -2.64. The Balaban J connectivity index is 0.000000160. The fourth-order valence-electron chi connectivity index (χ4n) is 0.800. The number of nitrogens with two attached hydrogens (primary N) is 2. The Labute approximate surface area is 90.1 Å². The molecule has 0 aliphatic heterocycles. The van der Waals surface area contributed by atoms with E-state index in [-0.39, 0.29) is 11.6 Å². The first kappa shape index (κ1) is 11.4. The van der Waals surface area contributed by atoms with Crippen molar-refractivity contribution in [3.05, 3.63) is 36.4 Å². The zero-order valence-electron chi connectivity index (χ0n) is 8.18. The summed E-state index contributed by atoms with van der Waals surface area (Å²) in [5.74, 6) is -0.667. The highest BCUT2D eigenvalue weighted by Crippen LogP contribution is 1.83. The van der Waals surface area contributed by atoms with Gasteiger partial charge in [-0.25, -0.2) is 9.97 Å². The van der Waals surface area contributed by atoms with E-state index >= 15 is 0 Å². The third-order valence-corrected chi connectivity index (χ3v) is 1.46. The van der Waals surface area contributed by atoms with Crippen LogP contribution in [0.2, 0.25) is 0 Å². The van der Waals surface area contributed by atoms with Crippen molar-refractivity contribution in [2.24, 2.45) is 11.5 Å². The quantitative estimate of drug-likeness (QED) is 0.517. The van der Waals surface area contributed by atoms with Gasteiger partial charge in [0.25, 0.3) is 11.8 Å². The van der Waals surface area contributed by atoms with Crippen molar-refractivity contribution in [1.29, 1.82) is 0 Å². The van der Waals surface area contributed by atoms with Crippen LogP contribution in [0, 0.1) is 0 Å². The monoisotopic (exact) mass is 222 g/mol. The molecular formula is C8H10N6O2. The first-order valence-electron chi connectivity index (χ1n) is 4.19. The lowest BCUT2D eigenvalue weighted by Crippen LogP contribution is -2.12. The van der Waals surface area contributed by atoms with E-state index in [1.165, 1.54) is 12.4 Å². The fraction of sp³-hybridized carbons (Fsp3) is 0. The molecule has 2 amide bonds. The minimum absolute atomic E-state index is 0.199. The zero-order valence-corrected chi connectivity index (χ0v) is 8.18. The van der Waals surface area contributed by atoms with Crippen LogP contribution in [0.5, 0.6) is 0 Å². The second-order valence-corrected chi connectivity index (χ2v) is 2.60. The van der Waals surface area contributed by atoms with Crippen molar-refractivity contribution in [2.45, 2.75) is 0 Å². The highest BCUT2D eigenvalue weighted by Gasteiger charge is 1.98. The number of aromatic nitrogens is 4. The summed E-state index contributed by atoms with van der Waals surface area (Å²) in [7, 11) is 0. The summed E-state index contributed by atoms with van der Waals surface area (Å²) in [4.78, 5) is 32.7. The van der Waals surface area contributed by atoms with E-state index in [1.54, 1.807) is 12.4 Å². The van der Waals surface area contributed by atoms with Gasteiger partial charge in [0.15, 0.2) is 11.6 Å². The van der Waals surface area contributed by atoms with Crippen LogP contribution >= 0.6 is 0 Å². The van der Waals surface area contributed by atoms with Crippen molar-refractivity contribution in [1.82, 2.24) is 19.9 Å². The lowest BCUT2D eigenvalue weighted by molar-refractivity contribution is 0.0983. The molecule has 84 valence electrons. The summed E-state index contributed by atoms with van der Waals surface area (Å²) < 4.78 is 0. The van der Waals surface area contributed by atoms with Crippen molar-refractivity contribution in [3.8, 4) is 0 Å². The van der Waals surface area contributed by atoms with Crippen molar-refractivity contribution in [3.63, 3.8) is 0 Å². The van der Waals surface area contributed by atoms with Crippen LogP contribution < -0.4 is 11.5 Å². The van der Waals surface area contributed by atoms with Gasteiger partial charge < -0.3 is 21.4 Å². The highest BCUT2D eigenvalue weighted by molar-refractivity contribution is 5.89. The van der Waals surface area contributed by atoms with Gasteiger partial charge in [0.2, 0.25) is 0 Å². The molecule has 0 aliphatic rings. The minimum Gasteiger partial charge on any atom is -0.363 e. The average Bonchev–Trinajstić information content (AvgIpc) is 2.93. The van der Waals surface area contributed by atoms with Gasteiger partial charge in [-0.3, -0.25) is 9.59 Å². The van der Waals surface area contributed by atoms with Crippen LogP contribution in [-0.4, -0.2) is 31.8 Å². The Morgan fingerprint density at radius 3 is 1.44 bits per heavy atom. The number of hydrogen-bond donors (Lipinski definition) is 4. The molecule has 0 saturated heterocycles. The molecule has 16 heavy (non-hydrogen) atoms. The topological polar surface area (TPSA) is 144 Å². The Bertz CT molecular complexity index is 403. The van der Waals surface area contributed by atoms with E-state index in [4.69, 9.17) is 11.5 Å². The number of rotatable bonds is 2. The second kappa shape index (κ2) is 5.29. The predicted octanol–water partition coefficient (Wildman–Crippen LogP) is -0.983. The number of carbonyl (C=O) groups is 2. The number of primary amides is 2. The number of aromatic amines is 2. The number of amides is 2. The molecule has 8 heteroatoms. The Kier molecular flexibility index (Phi) is 3.78. The molecule has 0 aromatic carbocycles. The van der Waals surface area contributed by atoms with Gasteiger partial charge in [0, 0.05) is 24.8 Å². The number of nitrogens with zero attached hydrogens (tertiary/aromatic N) is 2.